The van der Waals surface area contributed by atoms with Crippen LogP contribution in [0.15, 0.2) is 29.2 Å². The molecule has 0 spiro atoms. The van der Waals surface area contributed by atoms with Gasteiger partial charge in [-0.1, -0.05) is 0 Å². The highest BCUT2D eigenvalue weighted by atomic mass is 32.2. The van der Waals surface area contributed by atoms with Crippen molar-refractivity contribution in [3.05, 3.63) is 30.1 Å². The van der Waals surface area contributed by atoms with Crippen LogP contribution >= 0.6 is 0 Å². The van der Waals surface area contributed by atoms with Crippen LogP contribution in [0.25, 0.3) is 0 Å². The number of carbonyl (C=O) groups excluding carboxylic acids is 2. The maximum Gasteiger partial charge on any atom is 0.243 e. The summed E-state index contributed by atoms with van der Waals surface area (Å²) in [6.07, 6.45) is -0.225. The molecule has 1 unspecified atom stereocenters. The summed E-state index contributed by atoms with van der Waals surface area (Å²) in [7, 11) is -0.333. The molecule has 1 aromatic carbocycles. The zero-order chi connectivity index (χ0) is 18.6. The summed E-state index contributed by atoms with van der Waals surface area (Å²) >= 11 is 0. The number of amides is 2. The van der Waals surface area contributed by atoms with Crippen molar-refractivity contribution in [3.63, 3.8) is 0 Å². The zero-order valence-electron chi connectivity index (χ0n) is 14.2. The van der Waals surface area contributed by atoms with Crippen molar-refractivity contribution in [1.29, 1.82) is 0 Å². The van der Waals surface area contributed by atoms with Gasteiger partial charge in [0.25, 0.3) is 0 Å². The third kappa shape index (κ3) is 4.76. The Morgan fingerprint density at radius 1 is 1.24 bits per heavy atom. The van der Waals surface area contributed by atoms with Crippen molar-refractivity contribution < 1.29 is 22.4 Å². The molecule has 0 radical (unpaired) electrons. The van der Waals surface area contributed by atoms with Gasteiger partial charge in [-0.25, -0.2) is 12.8 Å². The number of carbonyl (C=O) groups is 2. The van der Waals surface area contributed by atoms with E-state index in [0.29, 0.717) is 19.6 Å². The van der Waals surface area contributed by atoms with E-state index in [2.05, 4.69) is 5.32 Å². The molecule has 1 heterocycles. The van der Waals surface area contributed by atoms with Gasteiger partial charge in [0.1, 0.15) is 11.9 Å². The maximum absolute atomic E-state index is 12.9. The van der Waals surface area contributed by atoms with Crippen LogP contribution in [0.2, 0.25) is 0 Å². The van der Waals surface area contributed by atoms with E-state index in [0.717, 1.165) is 12.1 Å². The molecule has 0 saturated carbocycles. The van der Waals surface area contributed by atoms with Crippen molar-refractivity contribution >= 4 is 21.7 Å². The lowest BCUT2D eigenvalue weighted by atomic mass is 10.1. The van der Waals surface area contributed by atoms with E-state index >= 15 is 0 Å². The molecule has 0 aliphatic carbocycles. The van der Waals surface area contributed by atoms with E-state index in [1.807, 2.05) is 11.9 Å². The minimum Gasteiger partial charge on any atom is -0.357 e. The van der Waals surface area contributed by atoms with E-state index in [1.54, 1.807) is 0 Å². The van der Waals surface area contributed by atoms with Gasteiger partial charge in [0, 0.05) is 33.1 Å². The zero-order valence-corrected chi connectivity index (χ0v) is 15.1. The molecular formula is C16H22FN3O4S. The van der Waals surface area contributed by atoms with Crippen molar-refractivity contribution in [3.8, 4) is 0 Å². The van der Waals surface area contributed by atoms with E-state index in [1.165, 1.54) is 24.1 Å². The molecule has 7 nitrogen and oxygen atoms in total. The van der Waals surface area contributed by atoms with Gasteiger partial charge in [0.2, 0.25) is 11.8 Å². The maximum atomic E-state index is 12.9. The summed E-state index contributed by atoms with van der Waals surface area (Å²) in [6.45, 7) is 1.38. The summed E-state index contributed by atoms with van der Waals surface area (Å²) in [5, 5.41) is 2.53. The summed E-state index contributed by atoms with van der Waals surface area (Å²) in [6, 6.07) is 3.86. The molecule has 0 bridgehead atoms. The molecule has 1 aliphatic heterocycles. The second-order valence-corrected chi connectivity index (χ2v) is 8.11. The Kier molecular flexibility index (Phi) is 6.12. The quantitative estimate of drug-likeness (QED) is 0.729. The van der Waals surface area contributed by atoms with E-state index in [4.69, 9.17) is 0 Å². The number of nitrogens with one attached hydrogen (secondary N) is 1. The average molecular weight is 371 g/mol. The standard InChI is InChI=1S/C16H22FN3O4S/c1-18-16(22)14-11-19(2)8-9-20(14)15(21)7-10-25(23,24)13-5-3-12(17)4-6-13/h3-6,14H,7-11H2,1-2H3,(H,18,22). The van der Waals surface area contributed by atoms with Gasteiger partial charge in [-0.3, -0.25) is 9.59 Å². The van der Waals surface area contributed by atoms with Crippen LogP contribution in [0, 0.1) is 5.82 Å². The Balaban J connectivity index is 2.05. The van der Waals surface area contributed by atoms with Gasteiger partial charge in [-0.15, -0.1) is 0 Å². The lowest BCUT2D eigenvalue weighted by molar-refractivity contribution is -0.143. The fraction of sp³-hybridized carbons (Fsp3) is 0.500. The number of nitrogens with zero attached hydrogens (tertiary/aromatic N) is 2. The minimum absolute atomic E-state index is 0.0251. The normalized spacial score (nSPS) is 18.8. The van der Waals surface area contributed by atoms with Gasteiger partial charge in [0.05, 0.1) is 10.6 Å². The predicted molar refractivity (Wildman–Crippen MR) is 90.1 cm³/mol. The highest BCUT2D eigenvalue weighted by Gasteiger charge is 2.34. The van der Waals surface area contributed by atoms with Crippen LogP contribution in [0.1, 0.15) is 6.42 Å². The number of hydrogen-bond donors (Lipinski definition) is 1. The first-order chi connectivity index (χ1) is 11.7. The Bertz CT molecular complexity index is 736. The Hall–Kier alpha value is -2.00. The SMILES string of the molecule is CNC(=O)C1CN(C)CCN1C(=O)CCS(=O)(=O)c1ccc(F)cc1. The van der Waals surface area contributed by atoms with Gasteiger partial charge in [-0.05, 0) is 31.3 Å². The molecule has 1 fully saturated rings. The van der Waals surface area contributed by atoms with Crippen LogP contribution in [0.4, 0.5) is 4.39 Å². The molecule has 2 amide bonds. The Morgan fingerprint density at radius 2 is 1.88 bits per heavy atom. The molecule has 1 aromatic rings. The third-order valence-electron chi connectivity index (χ3n) is 4.21. The fourth-order valence-electron chi connectivity index (χ4n) is 2.73. The van der Waals surface area contributed by atoms with E-state index < -0.39 is 21.7 Å². The summed E-state index contributed by atoms with van der Waals surface area (Å²) < 4.78 is 37.5. The second-order valence-electron chi connectivity index (χ2n) is 6.00. The average Bonchev–Trinajstić information content (AvgIpc) is 2.59. The number of hydrogen-bond acceptors (Lipinski definition) is 5. The first-order valence-electron chi connectivity index (χ1n) is 7.92. The summed E-state index contributed by atoms with van der Waals surface area (Å²) in [4.78, 5) is 27.8. The first kappa shape index (κ1) is 19.3. The topological polar surface area (TPSA) is 86.8 Å². The highest BCUT2D eigenvalue weighted by Crippen LogP contribution is 2.15. The van der Waals surface area contributed by atoms with Crippen LogP contribution in [-0.2, 0) is 19.4 Å². The van der Waals surface area contributed by atoms with Gasteiger partial charge < -0.3 is 15.1 Å². The fourth-order valence-corrected chi connectivity index (χ4v) is 3.96. The van der Waals surface area contributed by atoms with Crippen molar-refractivity contribution in [2.24, 2.45) is 0 Å². The molecule has 2 rings (SSSR count). The van der Waals surface area contributed by atoms with Crippen molar-refractivity contribution in [2.75, 3.05) is 39.5 Å². The van der Waals surface area contributed by atoms with Crippen LogP contribution < -0.4 is 5.32 Å². The Morgan fingerprint density at radius 3 is 2.48 bits per heavy atom. The number of benzene rings is 1. The number of sulfone groups is 1. The first-order valence-corrected chi connectivity index (χ1v) is 9.58. The van der Waals surface area contributed by atoms with Crippen molar-refractivity contribution in [2.45, 2.75) is 17.4 Å². The minimum atomic E-state index is -3.69. The number of likely N-dealkylation sites (N-methyl/N-ethyl adjacent to an activating group) is 2. The van der Waals surface area contributed by atoms with Crippen molar-refractivity contribution in [1.82, 2.24) is 15.1 Å². The highest BCUT2D eigenvalue weighted by molar-refractivity contribution is 7.91. The molecule has 138 valence electrons. The molecule has 9 heteroatoms. The van der Waals surface area contributed by atoms with Crippen LogP contribution in [0.5, 0.6) is 0 Å². The van der Waals surface area contributed by atoms with E-state index in [9.17, 15) is 22.4 Å². The summed E-state index contributed by atoms with van der Waals surface area (Å²) in [5.41, 5.74) is 0. The molecule has 1 N–H and O–H groups in total. The second kappa shape index (κ2) is 7.92. The molecule has 25 heavy (non-hydrogen) atoms. The summed E-state index contributed by atoms with van der Waals surface area (Å²) in [5.74, 6) is -1.57. The van der Waals surface area contributed by atoms with Crippen LogP contribution in [0.3, 0.4) is 0 Å². The molecule has 1 aliphatic rings. The number of halogens is 1. The van der Waals surface area contributed by atoms with E-state index in [-0.39, 0.29) is 28.9 Å². The largest absolute Gasteiger partial charge is 0.357 e. The smallest absolute Gasteiger partial charge is 0.243 e. The number of rotatable bonds is 5. The predicted octanol–water partition coefficient (Wildman–Crippen LogP) is -0.122. The molecule has 1 saturated heterocycles. The Labute approximate surface area is 146 Å². The molecular weight excluding hydrogens is 349 g/mol. The van der Waals surface area contributed by atoms with Gasteiger partial charge in [0.15, 0.2) is 9.84 Å². The molecule has 1 atom stereocenters. The lowest BCUT2D eigenvalue weighted by Gasteiger charge is -2.38. The van der Waals surface area contributed by atoms with Crippen LogP contribution in [-0.4, -0.2) is 75.6 Å². The monoisotopic (exact) mass is 371 g/mol. The van der Waals surface area contributed by atoms with Gasteiger partial charge in [-0.2, -0.15) is 0 Å². The third-order valence-corrected chi connectivity index (χ3v) is 5.94. The van der Waals surface area contributed by atoms with Gasteiger partial charge >= 0.3 is 0 Å². The number of piperazine rings is 1. The lowest BCUT2D eigenvalue weighted by Crippen LogP contribution is -2.59. The molecule has 0 aromatic heterocycles.